The van der Waals surface area contributed by atoms with Crippen LogP contribution in [-0.4, -0.2) is 271 Å². The molecule has 29 nitrogen and oxygen atoms in total. The van der Waals surface area contributed by atoms with Crippen LogP contribution in [0.2, 0.25) is 0 Å². The second-order valence-corrected chi connectivity index (χ2v) is 21.8. The lowest BCUT2D eigenvalue weighted by Gasteiger charge is -2.14. The van der Waals surface area contributed by atoms with Crippen LogP contribution in [0.25, 0.3) is 0 Å². The number of Topliss-reactive ketones (excluding diaryl/α,β-unsaturated/α-hetero) is 3. The van der Waals surface area contributed by atoms with Crippen LogP contribution in [0.4, 0.5) is 0 Å². The molecular formula is C50H78N8O21S4. The van der Waals surface area contributed by atoms with Crippen LogP contribution >= 0.6 is 47.0 Å². The first-order valence-corrected chi connectivity index (χ1v) is 31.0. The van der Waals surface area contributed by atoms with E-state index < -0.39 is 23.6 Å². The van der Waals surface area contributed by atoms with Crippen molar-refractivity contribution in [1.29, 1.82) is 0 Å². The molecule has 2 saturated heterocycles. The summed E-state index contributed by atoms with van der Waals surface area (Å²) in [5.74, 6) is 5.31. The minimum Gasteiger partial charge on any atom is -0.386 e. The molecule has 2 fully saturated rings. The molecule has 0 unspecified atom stereocenters. The van der Waals surface area contributed by atoms with E-state index in [1.54, 1.807) is 47.0 Å². The first-order valence-electron chi connectivity index (χ1n) is 26.4. The predicted molar refractivity (Wildman–Crippen MR) is 307 cm³/mol. The fourth-order valence-electron chi connectivity index (χ4n) is 6.26. The monoisotopic (exact) mass is 1250 g/mol. The van der Waals surface area contributed by atoms with Gasteiger partial charge in [-0.15, -0.1) is 47.0 Å². The molecule has 0 aromatic carbocycles. The molecule has 8 amide bonds. The number of nitrogens with two attached hydrogens (primary N) is 1. The van der Waals surface area contributed by atoms with Crippen LogP contribution in [0.15, 0.2) is 29.5 Å². The summed E-state index contributed by atoms with van der Waals surface area (Å²) < 4.78 is 42.2. The van der Waals surface area contributed by atoms with Crippen molar-refractivity contribution in [3.63, 3.8) is 0 Å². The standard InChI is InChI=1S/C25H38N4O10S2.C21H34N4O10.C4H6OS2/c30-21(14-37-12-11-36-9-6-27-23(32)16-39-28-20-17-40-19-41-18-20)2-1-8-35-10-13-38-15-22(31)26-5-7-29-24(33)3-4-25(29)34;22-35-16-19(28)24-6-9-32-11-12-33-14-17(26)2-1-8-31-10-13-34-15-18(27)23-5-7-25-20(29)3-4-21(25)30;5-4-1-6-3-7-2-4/h3-4H,1-2,5-19H2,(H,26,31)(H,27,32);3-4H,1-2,5-16,22H2,(H,23,27)(H,24,28);1-3H2. The number of rotatable bonds is 45. The summed E-state index contributed by atoms with van der Waals surface area (Å²) in [6.45, 7) is 3.94. The normalized spacial score (nSPS) is 14.7. The van der Waals surface area contributed by atoms with Crippen LogP contribution in [0, 0.1) is 0 Å². The number of ketones is 3. The number of amides is 8. The molecule has 0 atom stereocenters. The molecule has 0 aromatic heterocycles. The first kappa shape index (κ1) is 74.2. The minimum atomic E-state index is -0.396. The number of hydrogen-bond donors (Lipinski definition) is 5. The summed E-state index contributed by atoms with van der Waals surface area (Å²) in [6.07, 6.45) is 6.45. The van der Waals surface area contributed by atoms with Crippen molar-refractivity contribution in [2.24, 2.45) is 11.1 Å². The zero-order valence-electron chi connectivity index (χ0n) is 46.5. The van der Waals surface area contributed by atoms with Gasteiger partial charge in [0.15, 0.2) is 24.0 Å². The maximum absolute atomic E-state index is 11.9. The number of ether oxygens (including phenoxy) is 8. The third-order valence-electron chi connectivity index (χ3n) is 10.2. The van der Waals surface area contributed by atoms with Gasteiger partial charge in [0.25, 0.3) is 29.5 Å². The van der Waals surface area contributed by atoms with E-state index in [0.717, 1.165) is 48.7 Å². The summed E-state index contributed by atoms with van der Waals surface area (Å²) in [6, 6.07) is 0. The van der Waals surface area contributed by atoms with Crippen molar-refractivity contribution in [1.82, 2.24) is 31.1 Å². The number of carbonyl (C=O) groups is 11. The van der Waals surface area contributed by atoms with E-state index in [4.69, 9.17) is 48.6 Å². The highest BCUT2D eigenvalue weighted by Gasteiger charge is 2.24. The molecule has 0 aliphatic carbocycles. The molecule has 33 heteroatoms. The molecule has 468 valence electrons. The summed E-state index contributed by atoms with van der Waals surface area (Å²) in [4.78, 5) is 137. The number of hydrogen-bond acceptors (Lipinski definition) is 27. The highest BCUT2D eigenvalue weighted by Crippen LogP contribution is 2.19. The topological polar surface area (TPSA) is 373 Å². The number of imide groups is 2. The van der Waals surface area contributed by atoms with Crippen LogP contribution in [-0.2, 0) is 100 Å². The van der Waals surface area contributed by atoms with E-state index in [2.05, 4.69) is 31.3 Å². The predicted octanol–water partition coefficient (Wildman–Crippen LogP) is -2.19. The van der Waals surface area contributed by atoms with Crippen molar-refractivity contribution in [3.8, 4) is 0 Å². The highest BCUT2D eigenvalue weighted by atomic mass is 32.2. The van der Waals surface area contributed by atoms with Crippen LogP contribution in [0.1, 0.15) is 25.7 Å². The molecule has 0 aromatic rings. The largest absolute Gasteiger partial charge is 0.386 e. The highest BCUT2D eigenvalue weighted by molar-refractivity contribution is 8.18. The van der Waals surface area contributed by atoms with E-state index >= 15 is 0 Å². The molecule has 0 radical (unpaired) electrons. The lowest BCUT2D eigenvalue weighted by molar-refractivity contribution is -0.138. The van der Waals surface area contributed by atoms with Gasteiger partial charge < -0.3 is 64.0 Å². The Labute approximate surface area is 498 Å². The molecule has 0 bridgehead atoms. The molecular weight excluding hydrogens is 1180 g/mol. The van der Waals surface area contributed by atoms with Crippen molar-refractivity contribution < 1.29 is 100 Å². The maximum atomic E-state index is 11.9. The Morgan fingerprint density at radius 1 is 0.434 bits per heavy atom. The van der Waals surface area contributed by atoms with Gasteiger partial charge in [0.2, 0.25) is 17.7 Å². The third-order valence-corrected chi connectivity index (χ3v) is 15.0. The lowest BCUT2D eigenvalue weighted by Crippen LogP contribution is -2.39. The van der Waals surface area contributed by atoms with Crippen molar-refractivity contribution in [2.75, 3.05) is 191 Å². The summed E-state index contributed by atoms with van der Waals surface area (Å²) >= 11 is 6.98. The zero-order chi connectivity index (χ0) is 60.4. The van der Waals surface area contributed by atoms with Gasteiger partial charge in [-0.05, 0) is 12.8 Å². The Kier molecular flexibility index (Phi) is 45.1. The van der Waals surface area contributed by atoms with Gasteiger partial charge in [-0.1, -0.05) is 5.16 Å². The molecule has 4 heterocycles. The average molecular weight is 1260 g/mol. The van der Waals surface area contributed by atoms with Crippen molar-refractivity contribution in [3.05, 3.63) is 24.3 Å². The van der Waals surface area contributed by atoms with E-state index in [-0.39, 0.29) is 141 Å². The number of oxime groups is 1. The van der Waals surface area contributed by atoms with Crippen LogP contribution < -0.4 is 27.2 Å². The Balaban J connectivity index is 0.000000510. The van der Waals surface area contributed by atoms with Gasteiger partial charge in [0.1, 0.15) is 33.0 Å². The van der Waals surface area contributed by atoms with Crippen molar-refractivity contribution >= 4 is 117 Å². The maximum Gasteiger partial charge on any atom is 0.260 e. The zero-order valence-corrected chi connectivity index (χ0v) is 49.7. The second kappa shape index (κ2) is 50.4. The average Bonchev–Trinajstić information content (AvgIpc) is 3.99. The van der Waals surface area contributed by atoms with Gasteiger partial charge >= 0.3 is 0 Å². The second-order valence-electron chi connectivity index (χ2n) is 17.1. The van der Waals surface area contributed by atoms with Gasteiger partial charge in [-0.2, -0.15) is 0 Å². The van der Waals surface area contributed by atoms with E-state index in [1.807, 2.05) is 0 Å². The van der Waals surface area contributed by atoms with Gasteiger partial charge in [-0.3, -0.25) is 67.4 Å². The molecule has 0 saturated carbocycles. The summed E-state index contributed by atoms with van der Waals surface area (Å²) in [7, 11) is 0. The van der Waals surface area contributed by atoms with Gasteiger partial charge in [0.05, 0.1) is 83.3 Å². The molecule has 4 rings (SSSR count). The van der Waals surface area contributed by atoms with E-state index in [0.29, 0.717) is 84.2 Å². The Hall–Kier alpha value is -4.88. The summed E-state index contributed by atoms with van der Waals surface area (Å²) in [5.41, 5.74) is 0.946. The quantitative estimate of drug-likeness (QED) is 0.0246. The van der Waals surface area contributed by atoms with Crippen LogP contribution in [0.3, 0.4) is 0 Å². The smallest absolute Gasteiger partial charge is 0.260 e. The van der Waals surface area contributed by atoms with Gasteiger partial charge in [0, 0.05) is 111 Å². The molecule has 0 spiro atoms. The molecule has 4 aliphatic heterocycles. The lowest BCUT2D eigenvalue weighted by atomic mass is 10.2. The van der Waals surface area contributed by atoms with E-state index in [1.165, 1.54) is 24.3 Å². The third kappa shape index (κ3) is 41.7. The minimum absolute atomic E-state index is 0.00817. The van der Waals surface area contributed by atoms with Gasteiger partial charge in [-0.25, -0.2) is 5.90 Å². The summed E-state index contributed by atoms with van der Waals surface area (Å²) in [5, 5.41) is 16.5. The molecule has 4 aliphatic rings. The number of nitrogens with zero attached hydrogens (tertiary/aromatic N) is 3. The molecule has 83 heavy (non-hydrogen) atoms. The van der Waals surface area contributed by atoms with E-state index in [9.17, 15) is 52.7 Å². The number of thioether (sulfide) groups is 4. The fourth-order valence-corrected chi connectivity index (χ4v) is 10.2. The number of nitrogens with one attached hydrogen (secondary N) is 4. The Bertz CT molecular complexity index is 2040. The fraction of sp³-hybridized carbons (Fsp3) is 0.680. The SMILES string of the molecule is NOCC(=O)NCCOCCOCC(=O)CCCOCCOCC(=O)NCCN1C(=O)C=CC1=O.O=C(CCCOCCOCC(=O)NCCN1C(=O)C=CC1=O)COCCOCCNC(=O)CON=C1CSCSC1.O=C1CSCSC1. The van der Waals surface area contributed by atoms with Crippen molar-refractivity contribution in [2.45, 2.75) is 25.7 Å². The Morgan fingerprint density at radius 3 is 1.18 bits per heavy atom. The Morgan fingerprint density at radius 2 is 0.783 bits per heavy atom. The number of carbonyl (C=O) groups excluding carboxylic acids is 11. The van der Waals surface area contributed by atoms with Crippen LogP contribution in [0.5, 0.6) is 0 Å². The molecule has 6 N–H and O–H groups in total. The first-order chi connectivity index (χ1) is 40.3.